The Morgan fingerprint density at radius 3 is 3.12 bits per heavy atom. The van der Waals surface area contributed by atoms with E-state index in [1.807, 2.05) is 31.3 Å². The Hall–Kier alpha value is -2.11. The lowest BCUT2D eigenvalue weighted by Crippen LogP contribution is -2.12. The number of nitrogens with one attached hydrogen (secondary N) is 1. The highest BCUT2D eigenvalue weighted by Crippen LogP contribution is 2.10. The van der Waals surface area contributed by atoms with Gasteiger partial charge < -0.3 is 10.1 Å². The predicted molar refractivity (Wildman–Crippen MR) is 63.9 cm³/mol. The van der Waals surface area contributed by atoms with Crippen molar-refractivity contribution in [3.63, 3.8) is 0 Å². The average molecular weight is 233 g/mol. The molecule has 0 spiro atoms. The van der Waals surface area contributed by atoms with Crippen molar-refractivity contribution in [2.45, 2.75) is 13.5 Å². The fraction of sp³-hybridized carbons (Fsp3) is 0.364. The Kier molecular flexibility index (Phi) is 3.90. The molecule has 0 aliphatic rings. The van der Waals surface area contributed by atoms with E-state index >= 15 is 0 Å². The third-order valence-electron chi connectivity index (χ3n) is 2.13. The Morgan fingerprint density at radius 2 is 2.35 bits per heavy atom. The van der Waals surface area contributed by atoms with Gasteiger partial charge in [0.25, 0.3) is 0 Å². The summed E-state index contributed by atoms with van der Waals surface area (Å²) >= 11 is 0. The van der Waals surface area contributed by atoms with E-state index < -0.39 is 0 Å². The molecule has 90 valence electrons. The lowest BCUT2D eigenvalue weighted by Gasteiger charge is -2.07. The molecule has 2 aromatic rings. The van der Waals surface area contributed by atoms with E-state index in [0.29, 0.717) is 12.5 Å². The van der Waals surface area contributed by atoms with Gasteiger partial charge >= 0.3 is 0 Å². The zero-order valence-corrected chi connectivity index (χ0v) is 9.71. The SMILES string of the molecule is CCOc1cccc(NCCn2ccnn2)n1. The van der Waals surface area contributed by atoms with E-state index in [2.05, 4.69) is 20.6 Å². The maximum Gasteiger partial charge on any atom is 0.215 e. The maximum absolute atomic E-state index is 5.32. The van der Waals surface area contributed by atoms with Gasteiger partial charge in [-0.2, -0.15) is 4.98 Å². The summed E-state index contributed by atoms with van der Waals surface area (Å²) in [6.07, 6.45) is 3.49. The van der Waals surface area contributed by atoms with Gasteiger partial charge in [0.2, 0.25) is 5.88 Å². The van der Waals surface area contributed by atoms with Crippen LogP contribution in [0.2, 0.25) is 0 Å². The van der Waals surface area contributed by atoms with E-state index in [0.717, 1.165) is 18.9 Å². The van der Waals surface area contributed by atoms with Crippen LogP contribution in [0.4, 0.5) is 5.82 Å². The molecule has 2 heterocycles. The first-order valence-corrected chi connectivity index (χ1v) is 5.56. The van der Waals surface area contributed by atoms with Crippen molar-refractivity contribution in [1.29, 1.82) is 0 Å². The fourth-order valence-electron chi connectivity index (χ4n) is 1.39. The highest BCUT2D eigenvalue weighted by molar-refractivity contribution is 5.36. The number of rotatable bonds is 6. The van der Waals surface area contributed by atoms with Crippen molar-refractivity contribution >= 4 is 5.82 Å². The van der Waals surface area contributed by atoms with Gasteiger partial charge in [0, 0.05) is 18.8 Å². The van der Waals surface area contributed by atoms with Crippen molar-refractivity contribution < 1.29 is 4.74 Å². The minimum atomic E-state index is 0.620. The molecule has 0 bridgehead atoms. The molecule has 0 aliphatic carbocycles. The van der Waals surface area contributed by atoms with Crippen LogP contribution in [-0.2, 0) is 6.54 Å². The normalized spacial score (nSPS) is 10.2. The molecule has 2 aromatic heterocycles. The largest absolute Gasteiger partial charge is 0.478 e. The van der Waals surface area contributed by atoms with Crippen LogP contribution in [-0.4, -0.2) is 33.1 Å². The van der Waals surface area contributed by atoms with E-state index in [1.54, 1.807) is 10.9 Å². The summed E-state index contributed by atoms with van der Waals surface area (Å²) in [5.74, 6) is 1.44. The number of nitrogens with zero attached hydrogens (tertiary/aromatic N) is 4. The molecule has 0 aromatic carbocycles. The molecule has 6 heteroatoms. The Morgan fingerprint density at radius 1 is 1.41 bits per heavy atom. The fourth-order valence-corrected chi connectivity index (χ4v) is 1.39. The van der Waals surface area contributed by atoms with Crippen LogP contribution in [0, 0.1) is 0 Å². The van der Waals surface area contributed by atoms with Crippen LogP contribution in [0.3, 0.4) is 0 Å². The number of anilines is 1. The van der Waals surface area contributed by atoms with Gasteiger partial charge in [-0.25, -0.2) is 0 Å². The molecule has 6 nitrogen and oxygen atoms in total. The number of ether oxygens (including phenoxy) is 1. The Balaban J connectivity index is 1.84. The van der Waals surface area contributed by atoms with E-state index in [4.69, 9.17) is 4.74 Å². The topological polar surface area (TPSA) is 64.9 Å². The van der Waals surface area contributed by atoms with Crippen LogP contribution in [0.15, 0.2) is 30.6 Å². The van der Waals surface area contributed by atoms with Gasteiger partial charge in [-0.1, -0.05) is 11.3 Å². The molecule has 1 N–H and O–H groups in total. The lowest BCUT2D eigenvalue weighted by molar-refractivity contribution is 0.327. The zero-order valence-electron chi connectivity index (χ0n) is 9.71. The van der Waals surface area contributed by atoms with Crippen molar-refractivity contribution in [3.8, 4) is 5.88 Å². The van der Waals surface area contributed by atoms with Crippen molar-refractivity contribution in [2.75, 3.05) is 18.5 Å². The first kappa shape index (κ1) is 11.4. The molecule has 0 saturated heterocycles. The van der Waals surface area contributed by atoms with Gasteiger partial charge in [-0.3, -0.25) is 4.68 Å². The van der Waals surface area contributed by atoms with E-state index in [9.17, 15) is 0 Å². The maximum atomic E-state index is 5.32. The average Bonchev–Trinajstić information content (AvgIpc) is 2.83. The minimum Gasteiger partial charge on any atom is -0.478 e. The number of hydrogen-bond donors (Lipinski definition) is 1. The van der Waals surface area contributed by atoms with Crippen LogP contribution < -0.4 is 10.1 Å². The molecule has 0 amide bonds. The van der Waals surface area contributed by atoms with Gasteiger partial charge in [0.1, 0.15) is 5.82 Å². The molecular weight excluding hydrogens is 218 g/mol. The first-order chi connectivity index (χ1) is 8.38. The smallest absolute Gasteiger partial charge is 0.215 e. The second-order valence-electron chi connectivity index (χ2n) is 3.39. The number of hydrogen-bond acceptors (Lipinski definition) is 5. The molecule has 0 aliphatic heterocycles. The summed E-state index contributed by atoms with van der Waals surface area (Å²) < 4.78 is 7.08. The molecule has 0 atom stereocenters. The van der Waals surface area contributed by atoms with Crippen molar-refractivity contribution in [2.24, 2.45) is 0 Å². The van der Waals surface area contributed by atoms with Crippen LogP contribution >= 0.6 is 0 Å². The second-order valence-corrected chi connectivity index (χ2v) is 3.39. The Labute approximate surface area is 99.6 Å². The minimum absolute atomic E-state index is 0.620. The standard InChI is InChI=1S/C11H15N5O/c1-2-17-11-5-3-4-10(14-11)12-6-8-16-9-7-13-15-16/h3-5,7,9H,2,6,8H2,1H3,(H,12,14). The molecule has 0 radical (unpaired) electrons. The van der Waals surface area contributed by atoms with Gasteiger partial charge in [0.05, 0.1) is 19.3 Å². The molecular formula is C11H15N5O. The summed E-state index contributed by atoms with van der Waals surface area (Å²) in [4.78, 5) is 4.30. The molecule has 17 heavy (non-hydrogen) atoms. The summed E-state index contributed by atoms with van der Waals surface area (Å²) in [6, 6.07) is 5.66. The highest BCUT2D eigenvalue weighted by atomic mass is 16.5. The first-order valence-electron chi connectivity index (χ1n) is 5.56. The van der Waals surface area contributed by atoms with Crippen molar-refractivity contribution in [3.05, 3.63) is 30.6 Å². The predicted octanol–water partition coefficient (Wildman–Crippen LogP) is 1.18. The zero-order chi connectivity index (χ0) is 11.9. The molecule has 0 saturated carbocycles. The van der Waals surface area contributed by atoms with Crippen LogP contribution in [0.5, 0.6) is 5.88 Å². The quantitative estimate of drug-likeness (QED) is 0.811. The number of pyridine rings is 1. The van der Waals surface area contributed by atoms with Crippen LogP contribution in [0.25, 0.3) is 0 Å². The molecule has 0 fully saturated rings. The summed E-state index contributed by atoms with van der Waals surface area (Å²) in [5.41, 5.74) is 0. The summed E-state index contributed by atoms with van der Waals surface area (Å²) in [7, 11) is 0. The third kappa shape index (κ3) is 3.44. The lowest BCUT2D eigenvalue weighted by atomic mass is 10.4. The molecule has 0 unspecified atom stereocenters. The second kappa shape index (κ2) is 5.83. The van der Waals surface area contributed by atoms with Gasteiger partial charge in [-0.15, -0.1) is 5.10 Å². The monoisotopic (exact) mass is 233 g/mol. The molecule has 2 rings (SSSR count). The van der Waals surface area contributed by atoms with Crippen molar-refractivity contribution in [1.82, 2.24) is 20.0 Å². The van der Waals surface area contributed by atoms with E-state index in [-0.39, 0.29) is 0 Å². The van der Waals surface area contributed by atoms with E-state index in [1.165, 1.54) is 0 Å². The van der Waals surface area contributed by atoms with Gasteiger partial charge in [-0.05, 0) is 13.0 Å². The number of aromatic nitrogens is 4. The highest BCUT2D eigenvalue weighted by Gasteiger charge is 1.97. The Bertz CT molecular complexity index is 443. The third-order valence-corrected chi connectivity index (χ3v) is 2.13. The van der Waals surface area contributed by atoms with Crippen LogP contribution in [0.1, 0.15) is 6.92 Å². The van der Waals surface area contributed by atoms with Gasteiger partial charge in [0.15, 0.2) is 0 Å². The summed E-state index contributed by atoms with van der Waals surface area (Å²) in [6.45, 7) is 4.05. The summed E-state index contributed by atoms with van der Waals surface area (Å²) in [5, 5.41) is 10.8.